The van der Waals surface area contributed by atoms with Gasteiger partial charge in [0, 0.05) is 30.5 Å². The number of amides is 1. The molecule has 1 aliphatic heterocycles. The van der Waals surface area contributed by atoms with Crippen molar-refractivity contribution < 1.29 is 22.8 Å². The molecule has 0 radical (unpaired) electrons. The van der Waals surface area contributed by atoms with Crippen LogP contribution in [0.4, 0.5) is 13.2 Å². The summed E-state index contributed by atoms with van der Waals surface area (Å²) < 4.78 is 37.9. The lowest BCUT2D eigenvalue weighted by molar-refractivity contribution is -0.138. The zero-order valence-electron chi connectivity index (χ0n) is 14.0. The zero-order valence-corrected chi connectivity index (χ0v) is 14.0. The van der Waals surface area contributed by atoms with Crippen LogP contribution in [-0.2, 0) is 11.0 Å². The van der Waals surface area contributed by atoms with Crippen LogP contribution in [0.1, 0.15) is 54.4 Å². The number of carbonyl (C=O) groups excluding carboxylic acids is 2. The van der Waals surface area contributed by atoms with E-state index in [4.69, 9.17) is 0 Å². The van der Waals surface area contributed by atoms with Crippen molar-refractivity contribution in [3.8, 4) is 0 Å². The topological polar surface area (TPSA) is 37.4 Å². The van der Waals surface area contributed by atoms with Crippen molar-refractivity contribution in [2.45, 2.75) is 44.7 Å². The van der Waals surface area contributed by atoms with Crippen LogP contribution < -0.4 is 0 Å². The number of carbonyl (C=O) groups is 2. The Morgan fingerprint density at radius 1 is 0.920 bits per heavy atom. The summed E-state index contributed by atoms with van der Waals surface area (Å²) in [5.74, 6) is -0.268. The van der Waals surface area contributed by atoms with Gasteiger partial charge in [-0.3, -0.25) is 9.59 Å². The van der Waals surface area contributed by atoms with Crippen LogP contribution in [0.2, 0.25) is 0 Å². The fourth-order valence-electron chi connectivity index (χ4n) is 3.88. The second kappa shape index (κ2) is 7.18. The van der Waals surface area contributed by atoms with E-state index in [9.17, 15) is 22.8 Å². The molecule has 1 aromatic rings. The van der Waals surface area contributed by atoms with Crippen molar-refractivity contribution in [2.24, 2.45) is 11.8 Å². The minimum absolute atomic E-state index is 0.0833. The summed E-state index contributed by atoms with van der Waals surface area (Å²) in [6.45, 7) is 1.06. The van der Waals surface area contributed by atoms with Gasteiger partial charge in [-0.1, -0.05) is 25.0 Å². The normalized spacial score (nSPS) is 22.2. The number of hydrogen-bond donors (Lipinski definition) is 0. The summed E-state index contributed by atoms with van der Waals surface area (Å²) in [6.07, 6.45) is 1.04. The zero-order chi connectivity index (χ0) is 18.0. The summed E-state index contributed by atoms with van der Waals surface area (Å²) in [5, 5.41) is 0. The average molecular weight is 353 g/mol. The summed E-state index contributed by atoms with van der Waals surface area (Å²) in [7, 11) is 0. The van der Waals surface area contributed by atoms with Crippen LogP contribution in [0.25, 0.3) is 0 Å². The minimum atomic E-state index is -4.41. The van der Waals surface area contributed by atoms with E-state index in [2.05, 4.69) is 0 Å². The van der Waals surface area contributed by atoms with Gasteiger partial charge in [0.25, 0.3) is 0 Å². The second-order valence-electron chi connectivity index (χ2n) is 7.04. The number of benzene rings is 1. The Bertz CT molecular complexity index is 633. The predicted octanol–water partition coefficient (Wildman–Crippen LogP) is 4.32. The quantitative estimate of drug-likeness (QED) is 0.759. The first kappa shape index (κ1) is 18.0. The summed E-state index contributed by atoms with van der Waals surface area (Å²) in [6, 6.07) is 4.36. The Hall–Kier alpha value is -1.85. The molecule has 25 heavy (non-hydrogen) atoms. The highest BCUT2D eigenvalue weighted by Gasteiger charge is 2.34. The number of Topliss-reactive ketones (excluding diaryl/α,β-unsaturated/α-hetero) is 1. The molecule has 2 fully saturated rings. The largest absolute Gasteiger partial charge is 0.416 e. The number of nitrogens with zero attached hydrogens (tertiary/aromatic N) is 1. The molecule has 1 aromatic carbocycles. The lowest BCUT2D eigenvalue weighted by Gasteiger charge is -2.33. The molecule has 1 amide bonds. The lowest BCUT2D eigenvalue weighted by atomic mass is 9.89. The van der Waals surface area contributed by atoms with E-state index in [1.54, 1.807) is 4.90 Å². The van der Waals surface area contributed by atoms with Gasteiger partial charge in [0.15, 0.2) is 5.78 Å². The highest BCUT2D eigenvalue weighted by atomic mass is 19.4. The smallest absolute Gasteiger partial charge is 0.342 e. The molecule has 0 unspecified atom stereocenters. The Balaban J connectivity index is 1.66. The molecule has 1 saturated carbocycles. The first-order chi connectivity index (χ1) is 11.9. The number of likely N-dealkylation sites (tertiary alicyclic amines) is 1. The Labute approximate surface area is 145 Å². The Morgan fingerprint density at radius 2 is 1.52 bits per heavy atom. The maximum atomic E-state index is 12.6. The van der Waals surface area contributed by atoms with E-state index in [0.717, 1.165) is 44.2 Å². The van der Waals surface area contributed by atoms with Crippen molar-refractivity contribution in [2.75, 3.05) is 13.1 Å². The molecule has 0 spiro atoms. The second-order valence-corrected chi connectivity index (χ2v) is 7.04. The number of hydrogen-bond acceptors (Lipinski definition) is 2. The number of halogens is 3. The van der Waals surface area contributed by atoms with Gasteiger partial charge in [-0.2, -0.15) is 13.2 Å². The van der Waals surface area contributed by atoms with Gasteiger partial charge in [-0.25, -0.2) is 0 Å². The van der Waals surface area contributed by atoms with E-state index in [0.29, 0.717) is 19.5 Å². The molecule has 1 heterocycles. The van der Waals surface area contributed by atoms with Gasteiger partial charge in [-0.15, -0.1) is 0 Å². The number of ketones is 1. The summed E-state index contributed by atoms with van der Waals surface area (Å²) in [5.41, 5.74) is -0.473. The first-order valence-corrected chi connectivity index (χ1v) is 8.86. The van der Waals surface area contributed by atoms with Crippen molar-refractivity contribution in [1.82, 2.24) is 4.90 Å². The highest BCUT2D eigenvalue weighted by Crippen LogP contribution is 2.31. The molecule has 1 atom stereocenters. The SMILES string of the molecule is O=C(c1ccc(C(F)(F)F)cc1)[C@@H]1CCCN(C(=O)C2CCCC2)C1. The maximum absolute atomic E-state index is 12.6. The van der Waals surface area contributed by atoms with Crippen molar-refractivity contribution in [3.05, 3.63) is 35.4 Å². The fourth-order valence-corrected chi connectivity index (χ4v) is 3.88. The van der Waals surface area contributed by atoms with Gasteiger partial charge in [-0.05, 0) is 37.8 Å². The van der Waals surface area contributed by atoms with E-state index in [1.165, 1.54) is 12.1 Å². The lowest BCUT2D eigenvalue weighted by Crippen LogP contribution is -2.44. The van der Waals surface area contributed by atoms with E-state index >= 15 is 0 Å². The molecule has 6 heteroatoms. The molecule has 0 bridgehead atoms. The van der Waals surface area contributed by atoms with Crippen molar-refractivity contribution >= 4 is 11.7 Å². The number of piperidine rings is 1. The van der Waals surface area contributed by atoms with Gasteiger partial charge >= 0.3 is 6.18 Å². The molecule has 3 rings (SSSR count). The number of rotatable bonds is 3. The van der Waals surface area contributed by atoms with Gasteiger partial charge in [0.1, 0.15) is 0 Å². The fraction of sp³-hybridized carbons (Fsp3) is 0.579. The van der Waals surface area contributed by atoms with Crippen LogP contribution in [-0.4, -0.2) is 29.7 Å². The third kappa shape index (κ3) is 4.05. The minimum Gasteiger partial charge on any atom is -0.342 e. The molecule has 2 aliphatic rings. The van der Waals surface area contributed by atoms with Crippen LogP contribution in [0.3, 0.4) is 0 Å². The molecule has 3 nitrogen and oxygen atoms in total. The van der Waals surface area contributed by atoms with Crippen molar-refractivity contribution in [3.63, 3.8) is 0 Å². The van der Waals surface area contributed by atoms with Crippen molar-refractivity contribution in [1.29, 1.82) is 0 Å². The third-order valence-electron chi connectivity index (χ3n) is 5.31. The molecule has 0 aromatic heterocycles. The molecular weight excluding hydrogens is 331 g/mol. The monoisotopic (exact) mass is 353 g/mol. The van der Waals surface area contributed by atoms with E-state index in [1.807, 2.05) is 0 Å². The number of alkyl halides is 3. The van der Waals surface area contributed by atoms with Gasteiger partial charge < -0.3 is 4.90 Å². The summed E-state index contributed by atoms with van der Waals surface area (Å²) in [4.78, 5) is 27.0. The van der Waals surface area contributed by atoms with Crippen LogP contribution >= 0.6 is 0 Å². The molecule has 1 saturated heterocycles. The average Bonchev–Trinajstić information content (AvgIpc) is 3.14. The molecule has 136 valence electrons. The summed E-state index contributed by atoms with van der Waals surface area (Å²) >= 11 is 0. The molecular formula is C19H22F3NO2. The standard InChI is InChI=1S/C19H22F3NO2/c20-19(21,22)16-9-7-13(8-10-16)17(24)15-6-3-11-23(12-15)18(25)14-4-1-2-5-14/h7-10,14-15H,1-6,11-12H2/t15-/m1/s1. The van der Waals surface area contributed by atoms with E-state index in [-0.39, 0.29) is 29.1 Å². The van der Waals surface area contributed by atoms with Crippen LogP contribution in [0.15, 0.2) is 24.3 Å². The van der Waals surface area contributed by atoms with Crippen LogP contribution in [0, 0.1) is 11.8 Å². The Kier molecular flexibility index (Phi) is 5.16. The first-order valence-electron chi connectivity index (χ1n) is 8.86. The molecule has 1 aliphatic carbocycles. The molecule has 0 N–H and O–H groups in total. The van der Waals surface area contributed by atoms with Gasteiger partial charge in [0.05, 0.1) is 5.56 Å². The highest BCUT2D eigenvalue weighted by molar-refractivity contribution is 5.98. The Morgan fingerprint density at radius 3 is 2.12 bits per heavy atom. The predicted molar refractivity (Wildman–Crippen MR) is 87.0 cm³/mol. The van der Waals surface area contributed by atoms with Crippen LogP contribution in [0.5, 0.6) is 0 Å². The van der Waals surface area contributed by atoms with E-state index < -0.39 is 11.7 Å². The maximum Gasteiger partial charge on any atom is 0.416 e. The third-order valence-corrected chi connectivity index (χ3v) is 5.31. The van der Waals surface area contributed by atoms with Gasteiger partial charge in [0.2, 0.25) is 5.91 Å².